The van der Waals surface area contributed by atoms with Gasteiger partial charge in [-0.2, -0.15) is 0 Å². The summed E-state index contributed by atoms with van der Waals surface area (Å²) in [5.41, 5.74) is 1.15. The Morgan fingerprint density at radius 3 is 2.29 bits per heavy atom. The predicted molar refractivity (Wildman–Crippen MR) is 139 cm³/mol. The summed E-state index contributed by atoms with van der Waals surface area (Å²) in [5.74, 6) is 1.69. The lowest BCUT2D eigenvalue weighted by Gasteiger charge is -2.14. The largest absolute Gasteiger partial charge is 0.493 e. The summed E-state index contributed by atoms with van der Waals surface area (Å²) in [6, 6.07) is 24.1. The summed E-state index contributed by atoms with van der Waals surface area (Å²) < 4.78 is 17.2. The molecule has 0 aromatic heterocycles. The maximum Gasteiger partial charge on any atom is 0.261 e. The smallest absolute Gasteiger partial charge is 0.261 e. The number of benzene rings is 3. The zero-order chi connectivity index (χ0) is 24.0. The first kappa shape index (κ1) is 25.1. The Balaban J connectivity index is 1.48. The number of amides is 1. The standard InChI is InChI=1S/C27H30N2O4S/c1-2-3-9-17-33-25-16-8-7-15-24(25)26(30)29-27(34)28-21-11-10-14-23(20-21)32-19-18-31-22-12-5-4-6-13-22/h4-8,10-16,20H,2-3,9,17-19H2,1H3,(H2,28,29,30,34). The molecule has 34 heavy (non-hydrogen) atoms. The van der Waals surface area contributed by atoms with E-state index in [1.807, 2.05) is 60.7 Å². The quantitative estimate of drug-likeness (QED) is 0.252. The fourth-order valence-electron chi connectivity index (χ4n) is 3.15. The number of ether oxygens (including phenoxy) is 3. The number of carbonyl (C=O) groups excluding carboxylic acids is 1. The van der Waals surface area contributed by atoms with E-state index in [-0.39, 0.29) is 11.0 Å². The number of hydrogen-bond donors (Lipinski definition) is 2. The molecule has 7 heteroatoms. The number of thiocarbonyl (C=S) groups is 1. The molecule has 0 aliphatic heterocycles. The lowest BCUT2D eigenvalue weighted by molar-refractivity contribution is 0.0973. The maximum absolute atomic E-state index is 12.8. The van der Waals surface area contributed by atoms with E-state index in [1.165, 1.54) is 0 Å². The van der Waals surface area contributed by atoms with Gasteiger partial charge in [0, 0.05) is 11.8 Å². The molecule has 2 N–H and O–H groups in total. The van der Waals surface area contributed by atoms with Gasteiger partial charge in [0.15, 0.2) is 5.11 Å². The number of hydrogen-bond acceptors (Lipinski definition) is 5. The van der Waals surface area contributed by atoms with Gasteiger partial charge in [0.25, 0.3) is 5.91 Å². The topological polar surface area (TPSA) is 68.8 Å². The van der Waals surface area contributed by atoms with Crippen LogP contribution in [0, 0.1) is 0 Å². The van der Waals surface area contributed by atoms with Crippen LogP contribution in [0.5, 0.6) is 17.2 Å². The molecule has 0 spiro atoms. The lowest BCUT2D eigenvalue weighted by Crippen LogP contribution is -2.34. The Morgan fingerprint density at radius 1 is 0.794 bits per heavy atom. The molecule has 0 radical (unpaired) electrons. The average molecular weight is 479 g/mol. The van der Waals surface area contributed by atoms with Gasteiger partial charge >= 0.3 is 0 Å². The number of rotatable bonds is 12. The third-order valence-corrected chi connectivity index (χ3v) is 5.02. The number of carbonyl (C=O) groups is 1. The van der Waals surface area contributed by atoms with Crippen molar-refractivity contribution in [2.45, 2.75) is 26.2 Å². The van der Waals surface area contributed by atoms with Crippen LogP contribution in [0.15, 0.2) is 78.9 Å². The Kier molecular flexibility index (Phi) is 10.2. The summed E-state index contributed by atoms with van der Waals surface area (Å²) in [5, 5.41) is 5.93. The lowest BCUT2D eigenvalue weighted by atomic mass is 10.2. The molecule has 178 valence electrons. The highest BCUT2D eigenvalue weighted by molar-refractivity contribution is 7.80. The monoisotopic (exact) mass is 478 g/mol. The summed E-state index contributed by atoms with van der Waals surface area (Å²) in [6.45, 7) is 3.53. The Hall–Kier alpha value is -3.58. The number of nitrogens with one attached hydrogen (secondary N) is 2. The first-order chi connectivity index (χ1) is 16.7. The third-order valence-electron chi connectivity index (χ3n) is 4.82. The minimum atomic E-state index is -0.325. The summed E-state index contributed by atoms with van der Waals surface area (Å²) in [7, 11) is 0. The SMILES string of the molecule is CCCCCOc1ccccc1C(=O)NC(=S)Nc1cccc(OCCOc2ccccc2)c1. The predicted octanol–water partition coefficient (Wildman–Crippen LogP) is 5.84. The summed E-state index contributed by atoms with van der Waals surface area (Å²) >= 11 is 5.34. The molecule has 0 heterocycles. The first-order valence-electron chi connectivity index (χ1n) is 11.4. The summed E-state index contributed by atoms with van der Waals surface area (Å²) in [6.07, 6.45) is 3.15. The van der Waals surface area contributed by atoms with Gasteiger partial charge in [-0.05, 0) is 55.0 Å². The fraction of sp³-hybridized carbons (Fsp3) is 0.259. The molecule has 0 unspecified atom stereocenters. The van der Waals surface area contributed by atoms with E-state index in [0.29, 0.717) is 42.6 Å². The van der Waals surface area contributed by atoms with Crippen molar-refractivity contribution in [2.75, 3.05) is 25.1 Å². The normalized spacial score (nSPS) is 10.3. The zero-order valence-corrected chi connectivity index (χ0v) is 20.1. The highest BCUT2D eigenvalue weighted by Gasteiger charge is 2.13. The van der Waals surface area contributed by atoms with Crippen LogP contribution in [0.4, 0.5) is 5.69 Å². The van der Waals surface area contributed by atoms with Gasteiger partial charge in [-0.15, -0.1) is 0 Å². The highest BCUT2D eigenvalue weighted by Crippen LogP contribution is 2.20. The molecule has 0 atom stereocenters. The van der Waals surface area contributed by atoms with Crippen molar-refractivity contribution in [2.24, 2.45) is 0 Å². The second-order valence-corrected chi connectivity index (χ2v) is 7.91. The van der Waals surface area contributed by atoms with Crippen LogP contribution in [0.1, 0.15) is 36.5 Å². The molecule has 0 fully saturated rings. The summed E-state index contributed by atoms with van der Waals surface area (Å²) in [4.78, 5) is 12.8. The van der Waals surface area contributed by atoms with E-state index in [4.69, 9.17) is 26.4 Å². The van der Waals surface area contributed by atoms with Gasteiger partial charge in [0.1, 0.15) is 30.5 Å². The Morgan fingerprint density at radius 2 is 1.50 bits per heavy atom. The van der Waals surface area contributed by atoms with E-state index in [1.54, 1.807) is 18.2 Å². The molecule has 0 aliphatic rings. The molecule has 0 aliphatic carbocycles. The first-order valence-corrected chi connectivity index (χ1v) is 11.8. The Labute approximate surface area is 206 Å². The van der Waals surface area contributed by atoms with Gasteiger partial charge in [0.2, 0.25) is 0 Å². The van der Waals surface area contributed by atoms with Crippen molar-refractivity contribution in [3.8, 4) is 17.2 Å². The van der Waals surface area contributed by atoms with Crippen LogP contribution < -0.4 is 24.8 Å². The van der Waals surface area contributed by atoms with Crippen LogP contribution in [-0.4, -0.2) is 30.8 Å². The van der Waals surface area contributed by atoms with Crippen molar-refractivity contribution < 1.29 is 19.0 Å². The number of unbranched alkanes of at least 4 members (excludes halogenated alkanes) is 2. The highest BCUT2D eigenvalue weighted by atomic mass is 32.1. The van der Waals surface area contributed by atoms with Crippen LogP contribution >= 0.6 is 12.2 Å². The van der Waals surface area contributed by atoms with Crippen LogP contribution in [-0.2, 0) is 0 Å². The van der Waals surface area contributed by atoms with E-state index in [0.717, 1.165) is 25.0 Å². The van der Waals surface area contributed by atoms with Crippen molar-refractivity contribution in [1.29, 1.82) is 0 Å². The van der Waals surface area contributed by atoms with Crippen molar-refractivity contribution in [1.82, 2.24) is 5.32 Å². The van der Waals surface area contributed by atoms with Gasteiger partial charge in [-0.25, -0.2) is 0 Å². The van der Waals surface area contributed by atoms with Crippen LogP contribution in [0.25, 0.3) is 0 Å². The average Bonchev–Trinajstić information content (AvgIpc) is 2.85. The second-order valence-electron chi connectivity index (χ2n) is 7.50. The minimum Gasteiger partial charge on any atom is -0.493 e. The van der Waals surface area contributed by atoms with Gasteiger partial charge < -0.3 is 19.5 Å². The van der Waals surface area contributed by atoms with Crippen molar-refractivity contribution in [3.05, 3.63) is 84.4 Å². The Bertz CT molecular complexity index is 1060. The van der Waals surface area contributed by atoms with Gasteiger partial charge in [-0.1, -0.05) is 56.2 Å². The van der Waals surface area contributed by atoms with E-state index in [2.05, 4.69) is 17.6 Å². The van der Waals surface area contributed by atoms with E-state index >= 15 is 0 Å². The third kappa shape index (κ3) is 8.41. The van der Waals surface area contributed by atoms with Gasteiger partial charge in [0.05, 0.1) is 12.2 Å². The molecule has 3 rings (SSSR count). The molecule has 0 saturated heterocycles. The number of para-hydroxylation sites is 2. The van der Waals surface area contributed by atoms with Crippen molar-refractivity contribution >= 4 is 28.9 Å². The number of anilines is 1. The molecule has 6 nitrogen and oxygen atoms in total. The van der Waals surface area contributed by atoms with Gasteiger partial charge in [-0.3, -0.25) is 10.1 Å². The minimum absolute atomic E-state index is 0.190. The maximum atomic E-state index is 12.8. The van der Waals surface area contributed by atoms with Crippen molar-refractivity contribution in [3.63, 3.8) is 0 Å². The molecule has 0 bridgehead atoms. The van der Waals surface area contributed by atoms with Crippen LogP contribution in [0.2, 0.25) is 0 Å². The zero-order valence-electron chi connectivity index (χ0n) is 19.3. The molecule has 3 aromatic carbocycles. The fourth-order valence-corrected chi connectivity index (χ4v) is 3.36. The van der Waals surface area contributed by atoms with E-state index < -0.39 is 0 Å². The van der Waals surface area contributed by atoms with E-state index in [9.17, 15) is 4.79 Å². The molecule has 3 aromatic rings. The molecular weight excluding hydrogens is 448 g/mol. The second kappa shape index (κ2) is 13.9. The van der Waals surface area contributed by atoms with Crippen LogP contribution in [0.3, 0.4) is 0 Å². The molecule has 1 amide bonds. The molecular formula is C27H30N2O4S. The molecule has 0 saturated carbocycles.